The van der Waals surface area contributed by atoms with E-state index in [4.69, 9.17) is 11.6 Å². The summed E-state index contributed by atoms with van der Waals surface area (Å²) < 4.78 is 25.0. The number of hydrogen-bond acceptors (Lipinski definition) is 4. The molecule has 1 amide bonds. The number of carbonyl (C=O) groups excluding carboxylic acids is 1. The van der Waals surface area contributed by atoms with Gasteiger partial charge >= 0.3 is 0 Å². The molecule has 0 atom stereocenters. The summed E-state index contributed by atoms with van der Waals surface area (Å²) in [6.45, 7) is -0.0687. The summed E-state index contributed by atoms with van der Waals surface area (Å²) in [5.41, 5.74) is 4.10. The van der Waals surface area contributed by atoms with Crippen LogP contribution in [0.1, 0.15) is 11.1 Å². The molecule has 26 heavy (non-hydrogen) atoms. The maximum atomic E-state index is 12.0. The molecule has 0 unspecified atom stereocenters. The minimum absolute atomic E-state index is 0.219. The van der Waals surface area contributed by atoms with Crippen molar-refractivity contribution in [1.29, 1.82) is 0 Å². The van der Waals surface area contributed by atoms with Gasteiger partial charge < -0.3 is 0 Å². The van der Waals surface area contributed by atoms with Crippen LogP contribution in [-0.2, 0) is 21.2 Å². The monoisotopic (exact) mass is 393 g/mol. The minimum Gasteiger partial charge on any atom is -0.272 e. The number of amides is 1. The van der Waals surface area contributed by atoms with Crippen molar-refractivity contribution in [3.8, 4) is 0 Å². The molecule has 2 aromatic rings. The lowest BCUT2D eigenvalue weighted by atomic mass is 10.1. The highest BCUT2D eigenvalue weighted by atomic mass is 35.5. The number of hydrazone groups is 1. The molecule has 1 N–H and O–H groups in total. The van der Waals surface area contributed by atoms with Gasteiger partial charge in [-0.1, -0.05) is 54.1 Å². The molecule has 0 spiro atoms. The Hall–Kier alpha value is -2.22. The molecular formula is C18H20ClN3O3S. The Balaban J connectivity index is 1.90. The van der Waals surface area contributed by atoms with Crippen molar-refractivity contribution in [2.75, 3.05) is 19.3 Å². The van der Waals surface area contributed by atoms with Crippen molar-refractivity contribution < 1.29 is 13.2 Å². The second-order valence-corrected chi connectivity index (χ2v) is 8.10. The van der Waals surface area contributed by atoms with E-state index in [1.807, 2.05) is 30.3 Å². The van der Waals surface area contributed by atoms with E-state index in [9.17, 15) is 13.2 Å². The zero-order valence-electron chi connectivity index (χ0n) is 14.3. The van der Waals surface area contributed by atoms with Crippen LogP contribution in [0.25, 0.3) is 0 Å². The Morgan fingerprint density at radius 3 is 2.42 bits per heavy atom. The van der Waals surface area contributed by atoms with E-state index < -0.39 is 15.9 Å². The number of benzene rings is 2. The largest absolute Gasteiger partial charge is 0.272 e. The van der Waals surface area contributed by atoms with E-state index >= 15 is 0 Å². The number of hydrogen-bond donors (Lipinski definition) is 1. The van der Waals surface area contributed by atoms with E-state index in [-0.39, 0.29) is 13.1 Å². The molecule has 0 aromatic heterocycles. The molecule has 0 bridgehead atoms. The molecule has 0 aliphatic heterocycles. The van der Waals surface area contributed by atoms with Crippen molar-refractivity contribution in [2.24, 2.45) is 5.10 Å². The fourth-order valence-corrected chi connectivity index (χ4v) is 3.08. The molecule has 0 aliphatic carbocycles. The number of halogens is 1. The van der Waals surface area contributed by atoms with Crippen LogP contribution in [0.2, 0.25) is 5.02 Å². The molecule has 2 aromatic carbocycles. The zero-order chi connectivity index (χ0) is 19.0. The fraction of sp³-hybridized carbons (Fsp3) is 0.222. The van der Waals surface area contributed by atoms with Crippen LogP contribution in [0.5, 0.6) is 0 Å². The van der Waals surface area contributed by atoms with Gasteiger partial charge in [0.2, 0.25) is 10.0 Å². The molecule has 138 valence electrons. The number of nitrogens with zero attached hydrogens (tertiary/aromatic N) is 2. The van der Waals surface area contributed by atoms with Crippen molar-refractivity contribution in [3.05, 3.63) is 70.7 Å². The van der Waals surface area contributed by atoms with Crippen LogP contribution < -0.4 is 5.43 Å². The molecule has 0 saturated heterocycles. The Morgan fingerprint density at radius 2 is 1.81 bits per heavy atom. The summed E-state index contributed by atoms with van der Waals surface area (Å²) >= 11 is 5.79. The van der Waals surface area contributed by atoms with Crippen LogP contribution in [0.3, 0.4) is 0 Å². The van der Waals surface area contributed by atoms with Gasteiger partial charge in [0.25, 0.3) is 5.91 Å². The lowest BCUT2D eigenvalue weighted by molar-refractivity contribution is -0.121. The number of rotatable bonds is 8. The van der Waals surface area contributed by atoms with Crippen LogP contribution >= 0.6 is 11.6 Å². The normalized spacial score (nSPS) is 11.8. The first-order valence-electron chi connectivity index (χ1n) is 7.91. The molecular weight excluding hydrogens is 374 g/mol. The molecule has 0 heterocycles. The third kappa shape index (κ3) is 6.95. The van der Waals surface area contributed by atoms with E-state index in [0.29, 0.717) is 11.4 Å². The number of carbonyl (C=O) groups is 1. The Bertz CT molecular complexity index is 853. The highest BCUT2D eigenvalue weighted by molar-refractivity contribution is 7.88. The minimum atomic E-state index is -3.51. The number of sulfonamides is 1. The second kappa shape index (κ2) is 9.47. The SMILES string of the molecule is CS(=O)(=O)N(CCc1ccccc1)CC(=O)NN=Cc1ccc(Cl)cc1. The Labute approximate surface area is 158 Å². The summed E-state index contributed by atoms with van der Waals surface area (Å²) in [6.07, 6.45) is 3.07. The third-order valence-electron chi connectivity index (χ3n) is 3.55. The number of nitrogens with one attached hydrogen (secondary N) is 1. The Kier molecular flexibility index (Phi) is 7.32. The maximum Gasteiger partial charge on any atom is 0.255 e. The molecule has 2 rings (SSSR count). The van der Waals surface area contributed by atoms with Gasteiger partial charge in [-0.2, -0.15) is 9.41 Å². The average Bonchev–Trinajstić information content (AvgIpc) is 2.60. The van der Waals surface area contributed by atoms with E-state index in [1.54, 1.807) is 24.3 Å². The first kappa shape index (κ1) is 20.1. The molecule has 0 saturated carbocycles. The van der Waals surface area contributed by atoms with Crippen LogP contribution in [0.15, 0.2) is 59.7 Å². The summed E-state index contributed by atoms with van der Waals surface area (Å²) in [5, 5.41) is 4.44. The summed E-state index contributed by atoms with van der Waals surface area (Å²) in [5.74, 6) is -0.506. The standard InChI is InChI=1S/C18H20ClN3O3S/c1-26(24,25)22(12-11-15-5-3-2-4-6-15)14-18(23)21-20-13-16-7-9-17(19)10-8-16/h2-10,13H,11-12,14H2,1H3,(H,21,23). The third-order valence-corrected chi connectivity index (χ3v) is 5.06. The zero-order valence-corrected chi connectivity index (χ0v) is 15.9. The van der Waals surface area contributed by atoms with Gasteiger partial charge in [0.1, 0.15) is 0 Å². The van der Waals surface area contributed by atoms with Crippen LogP contribution in [0.4, 0.5) is 0 Å². The van der Waals surface area contributed by atoms with Crippen LogP contribution in [-0.4, -0.2) is 44.2 Å². The Morgan fingerprint density at radius 1 is 1.15 bits per heavy atom. The lowest BCUT2D eigenvalue weighted by Gasteiger charge is -2.18. The highest BCUT2D eigenvalue weighted by Crippen LogP contribution is 2.08. The average molecular weight is 394 g/mol. The van der Waals surface area contributed by atoms with Crippen molar-refractivity contribution in [3.63, 3.8) is 0 Å². The van der Waals surface area contributed by atoms with Gasteiger partial charge in [-0.15, -0.1) is 0 Å². The van der Waals surface area contributed by atoms with Crippen molar-refractivity contribution >= 4 is 33.7 Å². The fourth-order valence-electron chi connectivity index (χ4n) is 2.18. The summed E-state index contributed by atoms with van der Waals surface area (Å²) in [6, 6.07) is 16.4. The van der Waals surface area contributed by atoms with E-state index in [2.05, 4.69) is 10.5 Å². The molecule has 0 aliphatic rings. The van der Waals surface area contributed by atoms with Gasteiger partial charge in [-0.3, -0.25) is 4.79 Å². The molecule has 0 radical (unpaired) electrons. The summed E-state index contributed by atoms with van der Waals surface area (Å²) in [7, 11) is -3.51. The lowest BCUT2D eigenvalue weighted by Crippen LogP contribution is -2.40. The molecule has 6 nitrogen and oxygen atoms in total. The molecule has 0 fully saturated rings. The topological polar surface area (TPSA) is 78.8 Å². The maximum absolute atomic E-state index is 12.0. The van der Waals surface area contributed by atoms with Crippen molar-refractivity contribution in [2.45, 2.75) is 6.42 Å². The quantitative estimate of drug-likeness (QED) is 0.552. The van der Waals surface area contributed by atoms with Gasteiger partial charge in [0.05, 0.1) is 19.0 Å². The highest BCUT2D eigenvalue weighted by Gasteiger charge is 2.19. The predicted molar refractivity (Wildman–Crippen MR) is 104 cm³/mol. The van der Waals surface area contributed by atoms with Gasteiger partial charge in [-0.05, 0) is 29.7 Å². The van der Waals surface area contributed by atoms with Crippen molar-refractivity contribution in [1.82, 2.24) is 9.73 Å². The smallest absolute Gasteiger partial charge is 0.255 e. The van der Waals surface area contributed by atoms with E-state index in [0.717, 1.165) is 21.7 Å². The second-order valence-electron chi connectivity index (χ2n) is 5.68. The summed E-state index contributed by atoms with van der Waals surface area (Å²) in [4.78, 5) is 12.0. The van der Waals surface area contributed by atoms with Gasteiger partial charge in [-0.25, -0.2) is 13.8 Å². The predicted octanol–water partition coefficient (Wildman–Crippen LogP) is 2.29. The first-order valence-corrected chi connectivity index (χ1v) is 10.1. The van der Waals surface area contributed by atoms with Gasteiger partial charge in [0, 0.05) is 11.6 Å². The van der Waals surface area contributed by atoms with Crippen LogP contribution in [0, 0.1) is 0 Å². The molecule has 8 heteroatoms. The first-order chi connectivity index (χ1) is 12.3. The van der Waals surface area contributed by atoms with E-state index in [1.165, 1.54) is 6.21 Å². The van der Waals surface area contributed by atoms with Gasteiger partial charge in [0.15, 0.2) is 0 Å².